The van der Waals surface area contributed by atoms with Crippen molar-refractivity contribution in [3.8, 4) is 11.1 Å². The molecule has 0 fully saturated rings. The van der Waals surface area contributed by atoms with Crippen molar-refractivity contribution >= 4 is 46.5 Å². The monoisotopic (exact) mass is 494 g/mol. The van der Waals surface area contributed by atoms with Gasteiger partial charge >= 0.3 is 12.0 Å². The van der Waals surface area contributed by atoms with Crippen molar-refractivity contribution in [2.45, 2.75) is 32.2 Å². The van der Waals surface area contributed by atoms with Gasteiger partial charge in [-0.3, -0.25) is 0 Å². The third-order valence-corrected chi connectivity index (χ3v) is 6.19. The van der Waals surface area contributed by atoms with Crippen molar-refractivity contribution in [2.24, 2.45) is 0 Å². The van der Waals surface area contributed by atoms with Crippen LogP contribution in [0.4, 0.5) is 10.5 Å². The molecule has 1 aliphatic carbocycles. The molecule has 0 bridgehead atoms. The number of urea groups is 1. The number of benzene rings is 3. The van der Waals surface area contributed by atoms with E-state index in [0.717, 1.165) is 41.5 Å². The van der Waals surface area contributed by atoms with Crippen LogP contribution in [0.25, 0.3) is 16.7 Å². The number of carboxylic acids is 1. The summed E-state index contributed by atoms with van der Waals surface area (Å²) < 4.78 is 0. The van der Waals surface area contributed by atoms with Gasteiger partial charge in [0.05, 0.1) is 11.3 Å². The van der Waals surface area contributed by atoms with Gasteiger partial charge in [-0.15, -0.1) is 0 Å². The molecule has 0 unspecified atom stereocenters. The standard InChI is InChI=1S/C27H24Cl2N2O3/c28-21-13-20(14-22(29)15-21)25-23(18-5-2-1-3-6-18)7-4-8-24(25)31-27(34)30-16-17-9-11-19(12-10-17)26(32)33/h4-5,7-15H,1-3,6,16H2,(H,32,33)(H2,30,31,34). The molecule has 174 valence electrons. The third kappa shape index (κ3) is 5.79. The lowest BCUT2D eigenvalue weighted by molar-refractivity contribution is 0.0697. The Morgan fingerprint density at radius 1 is 0.941 bits per heavy atom. The molecule has 7 heteroatoms. The van der Waals surface area contributed by atoms with Gasteiger partial charge < -0.3 is 15.7 Å². The Labute approximate surface area is 208 Å². The van der Waals surface area contributed by atoms with Gasteiger partial charge in [-0.05, 0) is 84.3 Å². The van der Waals surface area contributed by atoms with Crippen LogP contribution in [0, 0.1) is 0 Å². The minimum atomic E-state index is -0.987. The maximum atomic E-state index is 12.8. The molecule has 0 heterocycles. The van der Waals surface area contributed by atoms with E-state index < -0.39 is 5.97 Å². The van der Waals surface area contributed by atoms with Crippen LogP contribution in [0.3, 0.4) is 0 Å². The predicted molar refractivity (Wildman–Crippen MR) is 138 cm³/mol. The van der Waals surface area contributed by atoms with Gasteiger partial charge in [0.15, 0.2) is 0 Å². The molecule has 0 radical (unpaired) electrons. The summed E-state index contributed by atoms with van der Waals surface area (Å²) in [5, 5.41) is 15.9. The van der Waals surface area contributed by atoms with Crippen molar-refractivity contribution < 1.29 is 14.7 Å². The first kappa shape index (κ1) is 23.9. The lowest BCUT2D eigenvalue weighted by Crippen LogP contribution is -2.28. The van der Waals surface area contributed by atoms with Gasteiger partial charge in [0, 0.05) is 22.2 Å². The smallest absolute Gasteiger partial charge is 0.335 e. The van der Waals surface area contributed by atoms with Crippen LogP contribution in [-0.2, 0) is 6.54 Å². The molecule has 3 aromatic rings. The zero-order chi connectivity index (χ0) is 24.1. The molecule has 0 saturated heterocycles. The molecule has 0 aromatic heterocycles. The topological polar surface area (TPSA) is 78.4 Å². The summed E-state index contributed by atoms with van der Waals surface area (Å²) in [5.74, 6) is -0.987. The highest BCUT2D eigenvalue weighted by atomic mass is 35.5. The number of nitrogens with one attached hydrogen (secondary N) is 2. The molecule has 0 atom stereocenters. The van der Waals surface area contributed by atoms with Gasteiger partial charge in [0.2, 0.25) is 0 Å². The summed E-state index contributed by atoms with van der Waals surface area (Å²) in [7, 11) is 0. The number of hydrogen-bond donors (Lipinski definition) is 3. The van der Waals surface area contributed by atoms with Gasteiger partial charge in [-0.2, -0.15) is 0 Å². The lowest BCUT2D eigenvalue weighted by atomic mass is 9.87. The van der Waals surface area contributed by atoms with Crippen LogP contribution in [0.15, 0.2) is 66.7 Å². The van der Waals surface area contributed by atoms with Gasteiger partial charge in [0.25, 0.3) is 0 Å². The molecule has 3 N–H and O–H groups in total. The largest absolute Gasteiger partial charge is 0.478 e. The fourth-order valence-electron chi connectivity index (χ4n) is 4.13. The van der Waals surface area contributed by atoms with E-state index in [4.69, 9.17) is 28.3 Å². The summed E-state index contributed by atoms with van der Waals surface area (Å²) in [5.41, 5.74) is 5.66. The summed E-state index contributed by atoms with van der Waals surface area (Å²) in [6.07, 6.45) is 6.57. The Bertz CT molecular complexity index is 1230. The van der Waals surface area contributed by atoms with E-state index >= 15 is 0 Å². The van der Waals surface area contributed by atoms with Crippen LogP contribution >= 0.6 is 23.2 Å². The highest BCUT2D eigenvalue weighted by Gasteiger charge is 2.18. The number of amides is 2. The number of carboxylic acid groups (broad SMARTS) is 1. The first-order chi connectivity index (χ1) is 16.4. The second kappa shape index (κ2) is 10.8. The van der Waals surface area contributed by atoms with E-state index in [1.54, 1.807) is 18.2 Å². The Morgan fingerprint density at radius 2 is 1.68 bits per heavy atom. The Hall–Kier alpha value is -3.28. The number of carbonyl (C=O) groups is 2. The van der Waals surface area contributed by atoms with Crippen LogP contribution in [0.2, 0.25) is 10.0 Å². The van der Waals surface area contributed by atoms with Crippen LogP contribution in [-0.4, -0.2) is 17.1 Å². The lowest BCUT2D eigenvalue weighted by Gasteiger charge is -2.21. The Kier molecular flexibility index (Phi) is 7.56. The molecule has 5 nitrogen and oxygen atoms in total. The minimum absolute atomic E-state index is 0.201. The van der Waals surface area contributed by atoms with E-state index in [2.05, 4.69) is 22.8 Å². The molecule has 4 rings (SSSR count). The number of rotatable bonds is 6. The van der Waals surface area contributed by atoms with Crippen molar-refractivity contribution in [2.75, 3.05) is 5.32 Å². The molecule has 0 saturated carbocycles. The average molecular weight is 495 g/mol. The van der Waals surface area contributed by atoms with Gasteiger partial charge in [-0.1, -0.05) is 53.5 Å². The normalized spacial score (nSPS) is 13.2. The van der Waals surface area contributed by atoms with Gasteiger partial charge in [-0.25, -0.2) is 9.59 Å². The Balaban J connectivity index is 1.61. The van der Waals surface area contributed by atoms with E-state index in [9.17, 15) is 9.59 Å². The molecule has 1 aliphatic rings. The van der Waals surface area contributed by atoms with E-state index in [0.29, 0.717) is 15.7 Å². The van der Waals surface area contributed by atoms with E-state index in [-0.39, 0.29) is 18.1 Å². The van der Waals surface area contributed by atoms with Gasteiger partial charge in [0.1, 0.15) is 0 Å². The summed E-state index contributed by atoms with van der Waals surface area (Å²) >= 11 is 12.6. The summed E-state index contributed by atoms with van der Waals surface area (Å²) in [4.78, 5) is 23.8. The zero-order valence-electron chi connectivity index (χ0n) is 18.4. The van der Waals surface area contributed by atoms with Crippen molar-refractivity contribution in [3.63, 3.8) is 0 Å². The number of halogens is 2. The van der Waals surface area contributed by atoms with Crippen molar-refractivity contribution in [1.82, 2.24) is 5.32 Å². The highest BCUT2D eigenvalue weighted by Crippen LogP contribution is 2.40. The highest BCUT2D eigenvalue weighted by molar-refractivity contribution is 6.35. The third-order valence-electron chi connectivity index (χ3n) is 5.75. The first-order valence-electron chi connectivity index (χ1n) is 11.1. The van der Waals surface area contributed by atoms with Crippen molar-refractivity contribution in [1.29, 1.82) is 0 Å². The van der Waals surface area contributed by atoms with Crippen LogP contribution in [0.1, 0.15) is 47.2 Å². The second-order valence-electron chi connectivity index (χ2n) is 8.17. The molecule has 2 amide bonds. The van der Waals surface area contributed by atoms with Crippen molar-refractivity contribution in [3.05, 3.63) is 93.5 Å². The first-order valence-corrected chi connectivity index (χ1v) is 11.8. The number of hydrogen-bond acceptors (Lipinski definition) is 2. The molecular weight excluding hydrogens is 471 g/mol. The summed E-state index contributed by atoms with van der Waals surface area (Å²) in [6, 6.07) is 17.3. The maximum Gasteiger partial charge on any atom is 0.335 e. The SMILES string of the molecule is O=C(NCc1ccc(C(=O)O)cc1)Nc1cccc(C2=CCCCC2)c1-c1cc(Cl)cc(Cl)c1. The number of aromatic carboxylic acids is 1. The molecule has 0 spiro atoms. The molecular formula is C27H24Cl2N2O3. The minimum Gasteiger partial charge on any atom is -0.478 e. The summed E-state index contributed by atoms with van der Waals surface area (Å²) in [6.45, 7) is 0.259. The maximum absolute atomic E-state index is 12.8. The van der Waals surface area contributed by atoms with E-state index in [1.807, 2.05) is 24.3 Å². The van der Waals surface area contributed by atoms with E-state index in [1.165, 1.54) is 24.1 Å². The zero-order valence-corrected chi connectivity index (χ0v) is 19.9. The molecule has 3 aromatic carbocycles. The predicted octanol–water partition coefficient (Wildman–Crippen LogP) is 7.64. The quantitative estimate of drug-likeness (QED) is 0.329. The second-order valence-corrected chi connectivity index (χ2v) is 9.04. The molecule has 0 aliphatic heterocycles. The Morgan fingerprint density at radius 3 is 2.32 bits per heavy atom. The number of allylic oxidation sites excluding steroid dienone is 2. The molecule has 34 heavy (non-hydrogen) atoms. The van der Waals surface area contributed by atoms with Crippen LogP contribution in [0.5, 0.6) is 0 Å². The average Bonchev–Trinajstić information content (AvgIpc) is 2.83. The fraction of sp³-hybridized carbons (Fsp3) is 0.185. The number of carbonyl (C=O) groups excluding carboxylic acids is 1. The van der Waals surface area contributed by atoms with Crippen LogP contribution < -0.4 is 10.6 Å². The number of anilines is 1. The fourth-order valence-corrected chi connectivity index (χ4v) is 4.66.